The van der Waals surface area contributed by atoms with Crippen molar-refractivity contribution in [3.8, 4) is 17.6 Å². The van der Waals surface area contributed by atoms with Crippen LogP contribution in [0.5, 0.6) is 11.5 Å². The number of halogens is 1. The van der Waals surface area contributed by atoms with E-state index in [2.05, 4.69) is 22.0 Å². The van der Waals surface area contributed by atoms with E-state index in [0.29, 0.717) is 22.6 Å². The zero-order chi connectivity index (χ0) is 16.4. The highest BCUT2D eigenvalue weighted by Crippen LogP contribution is 2.38. The van der Waals surface area contributed by atoms with Crippen LogP contribution in [0.3, 0.4) is 0 Å². The molecule has 1 aliphatic heterocycles. The lowest BCUT2D eigenvalue weighted by atomic mass is 10.0. The summed E-state index contributed by atoms with van der Waals surface area (Å²) >= 11 is 3.42. The molecule has 0 aromatic heterocycles. The lowest BCUT2D eigenvalue weighted by Gasteiger charge is -2.04. The van der Waals surface area contributed by atoms with E-state index in [9.17, 15) is 15.4 Å². The molecule has 0 amide bonds. The van der Waals surface area contributed by atoms with Gasteiger partial charge in [0.25, 0.3) is 5.69 Å². The van der Waals surface area contributed by atoms with E-state index in [1.807, 2.05) is 0 Å². The second-order valence-corrected chi connectivity index (χ2v) is 5.56. The molecule has 0 spiro atoms. The van der Waals surface area contributed by atoms with Crippen molar-refractivity contribution in [2.24, 2.45) is 0 Å². The first kappa shape index (κ1) is 15.1. The van der Waals surface area contributed by atoms with Crippen LogP contribution in [0.15, 0.2) is 40.9 Å². The minimum Gasteiger partial charge on any atom is -0.454 e. The average molecular weight is 373 g/mol. The van der Waals surface area contributed by atoms with Crippen molar-refractivity contribution in [2.45, 2.75) is 0 Å². The minimum atomic E-state index is -0.491. The Morgan fingerprint density at radius 1 is 1.30 bits per heavy atom. The summed E-state index contributed by atoms with van der Waals surface area (Å²) < 4.78 is 11.3. The highest BCUT2D eigenvalue weighted by atomic mass is 79.9. The summed E-state index contributed by atoms with van der Waals surface area (Å²) in [5, 5.41) is 20.3. The maximum absolute atomic E-state index is 10.9. The fraction of sp³-hybridized carbons (Fsp3) is 0.0625. The molecule has 1 heterocycles. The molecule has 7 heteroatoms. The van der Waals surface area contributed by atoms with Gasteiger partial charge in [-0.25, -0.2) is 0 Å². The third-order valence-corrected chi connectivity index (χ3v) is 3.97. The number of allylic oxidation sites excluding steroid dienone is 1. The van der Waals surface area contributed by atoms with Gasteiger partial charge in [0.15, 0.2) is 11.5 Å². The molecule has 0 aliphatic carbocycles. The van der Waals surface area contributed by atoms with E-state index in [1.165, 1.54) is 12.1 Å². The van der Waals surface area contributed by atoms with E-state index in [0.717, 1.165) is 10.0 Å². The van der Waals surface area contributed by atoms with Crippen molar-refractivity contribution in [1.82, 2.24) is 0 Å². The third kappa shape index (κ3) is 3.03. The van der Waals surface area contributed by atoms with E-state index < -0.39 is 4.92 Å². The van der Waals surface area contributed by atoms with Crippen LogP contribution in [-0.2, 0) is 0 Å². The molecule has 0 saturated heterocycles. The van der Waals surface area contributed by atoms with Gasteiger partial charge in [0, 0.05) is 16.6 Å². The molecule has 2 aromatic rings. The molecule has 114 valence electrons. The molecule has 3 rings (SSSR count). The smallest absolute Gasteiger partial charge is 0.270 e. The predicted octanol–water partition coefficient (Wildman–Crippen LogP) is 4.15. The summed E-state index contributed by atoms with van der Waals surface area (Å²) in [5.41, 5.74) is 1.45. The summed E-state index contributed by atoms with van der Waals surface area (Å²) in [6.07, 6.45) is 1.64. The van der Waals surface area contributed by atoms with Crippen LogP contribution in [0.1, 0.15) is 11.1 Å². The van der Waals surface area contributed by atoms with Gasteiger partial charge >= 0.3 is 0 Å². The van der Waals surface area contributed by atoms with Crippen LogP contribution in [0.2, 0.25) is 0 Å². The number of non-ortho nitro benzene ring substituents is 1. The Morgan fingerprint density at radius 3 is 2.74 bits per heavy atom. The molecule has 2 aromatic carbocycles. The third-order valence-electron chi connectivity index (χ3n) is 3.28. The van der Waals surface area contributed by atoms with Crippen molar-refractivity contribution in [3.63, 3.8) is 0 Å². The Labute approximate surface area is 139 Å². The minimum absolute atomic E-state index is 0.0617. The molecule has 0 N–H and O–H groups in total. The molecule has 0 saturated carbocycles. The highest BCUT2D eigenvalue weighted by Gasteiger charge is 2.16. The lowest BCUT2D eigenvalue weighted by molar-refractivity contribution is -0.384. The number of nitrogens with zero attached hydrogens (tertiary/aromatic N) is 2. The van der Waals surface area contributed by atoms with Crippen molar-refractivity contribution in [1.29, 1.82) is 5.26 Å². The van der Waals surface area contributed by atoms with Crippen LogP contribution in [0.25, 0.3) is 11.6 Å². The maximum atomic E-state index is 10.9. The van der Waals surface area contributed by atoms with E-state index >= 15 is 0 Å². The van der Waals surface area contributed by atoms with Crippen LogP contribution >= 0.6 is 15.9 Å². The average Bonchev–Trinajstić information content (AvgIpc) is 2.99. The molecular formula is C16H9BrN2O4. The molecule has 0 fully saturated rings. The molecule has 0 bridgehead atoms. The molecule has 23 heavy (non-hydrogen) atoms. The number of nitriles is 1. The summed E-state index contributed by atoms with van der Waals surface area (Å²) in [5.74, 6) is 1.22. The van der Waals surface area contributed by atoms with Gasteiger partial charge in [-0.2, -0.15) is 5.26 Å². The number of benzene rings is 2. The first-order valence-electron chi connectivity index (χ1n) is 6.54. The van der Waals surface area contributed by atoms with Crippen molar-refractivity contribution in [3.05, 3.63) is 62.1 Å². The second-order valence-electron chi connectivity index (χ2n) is 4.70. The van der Waals surface area contributed by atoms with Crippen molar-refractivity contribution < 1.29 is 14.4 Å². The number of rotatable bonds is 3. The van der Waals surface area contributed by atoms with E-state index in [4.69, 9.17) is 9.47 Å². The number of nitro benzene ring substituents is 1. The van der Waals surface area contributed by atoms with Gasteiger partial charge in [-0.15, -0.1) is 0 Å². The topological polar surface area (TPSA) is 85.4 Å². The number of hydrogen-bond donors (Lipinski definition) is 0. The largest absolute Gasteiger partial charge is 0.454 e. The van der Waals surface area contributed by atoms with Gasteiger partial charge in [-0.1, -0.05) is 28.1 Å². The number of hydrogen-bond acceptors (Lipinski definition) is 5. The van der Waals surface area contributed by atoms with Gasteiger partial charge in [0.1, 0.15) is 0 Å². The number of ether oxygens (including phenoxy) is 2. The van der Waals surface area contributed by atoms with Gasteiger partial charge in [-0.3, -0.25) is 10.1 Å². The van der Waals surface area contributed by atoms with Crippen LogP contribution in [0.4, 0.5) is 5.69 Å². The Hall–Kier alpha value is -2.85. The van der Waals surface area contributed by atoms with Gasteiger partial charge < -0.3 is 9.47 Å². The number of nitro groups is 1. The lowest BCUT2D eigenvalue weighted by Crippen LogP contribution is -1.92. The summed E-state index contributed by atoms with van der Waals surface area (Å²) in [4.78, 5) is 10.4. The Morgan fingerprint density at radius 2 is 2.04 bits per heavy atom. The van der Waals surface area contributed by atoms with E-state index in [1.54, 1.807) is 30.3 Å². The predicted molar refractivity (Wildman–Crippen MR) is 86.8 cm³/mol. The Bertz CT molecular complexity index is 871. The molecule has 0 radical (unpaired) electrons. The molecular weight excluding hydrogens is 364 g/mol. The molecule has 0 unspecified atom stereocenters. The SMILES string of the molecule is N#CC(=Cc1cc2c(cc1Br)OCO2)c1cccc([N+](=O)[O-])c1. The quantitative estimate of drug-likeness (QED) is 0.349. The first-order valence-corrected chi connectivity index (χ1v) is 7.33. The molecule has 6 nitrogen and oxygen atoms in total. The van der Waals surface area contributed by atoms with Gasteiger partial charge in [0.05, 0.1) is 16.6 Å². The molecule has 0 atom stereocenters. The van der Waals surface area contributed by atoms with Crippen molar-refractivity contribution >= 4 is 33.3 Å². The summed E-state index contributed by atoms with van der Waals surface area (Å²) in [6.45, 7) is 0.158. The summed E-state index contributed by atoms with van der Waals surface area (Å²) in [7, 11) is 0. The maximum Gasteiger partial charge on any atom is 0.270 e. The van der Waals surface area contributed by atoms with Crippen LogP contribution in [-0.4, -0.2) is 11.7 Å². The van der Waals surface area contributed by atoms with Gasteiger partial charge in [-0.05, 0) is 29.3 Å². The van der Waals surface area contributed by atoms with Gasteiger partial charge in [0.2, 0.25) is 6.79 Å². The monoisotopic (exact) mass is 372 g/mol. The summed E-state index contributed by atoms with van der Waals surface area (Å²) in [6, 6.07) is 11.5. The van der Waals surface area contributed by atoms with E-state index in [-0.39, 0.29) is 12.5 Å². The highest BCUT2D eigenvalue weighted by molar-refractivity contribution is 9.10. The zero-order valence-corrected chi connectivity index (χ0v) is 13.2. The number of fused-ring (bicyclic) bond motifs is 1. The first-order chi connectivity index (χ1) is 11.1. The van der Waals surface area contributed by atoms with Crippen LogP contribution in [0, 0.1) is 21.4 Å². The van der Waals surface area contributed by atoms with Crippen molar-refractivity contribution in [2.75, 3.05) is 6.79 Å². The fourth-order valence-corrected chi connectivity index (χ4v) is 2.60. The Balaban J connectivity index is 2.05. The molecule has 1 aliphatic rings. The Kier molecular flexibility index (Phi) is 4.00. The fourth-order valence-electron chi connectivity index (χ4n) is 2.17. The normalized spacial score (nSPS) is 12.8. The van der Waals surface area contributed by atoms with Crippen LogP contribution < -0.4 is 9.47 Å². The second kappa shape index (κ2) is 6.10. The zero-order valence-electron chi connectivity index (χ0n) is 11.7. The standard InChI is InChI=1S/C16H9BrN2O4/c17-14-7-16-15(22-9-23-16)6-11(14)4-12(8-18)10-2-1-3-13(5-10)19(20)21/h1-7H,9H2.